The number of amidine groups is 1. The molecule has 2 saturated heterocycles. The van der Waals surface area contributed by atoms with Crippen LogP contribution in [-0.2, 0) is 0 Å². The Morgan fingerprint density at radius 2 is 1.92 bits per heavy atom. The lowest BCUT2D eigenvalue weighted by Gasteiger charge is -2.18. The van der Waals surface area contributed by atoms with E-state index >= 15 is 0 Å². The predicted octanol–water partition coefficient (Wildman–Crippen LogP) is 0.186. The zero-order valence-corrected chi connectivity index (χ0v) is 7.88. The molecule has 0 aromatic rings. The molecule has 2 aliphatic heterocycles. The quantitative estimate of drug-likeness (QED) is 0.412. The molecule has 2 aliphatic rings. The summed E-state index contributed by atoms with van der Waals surface area (Å²) in [5, 5.41) is 3.44. The van der Waals surface area contributed by atoms with E-state index in [4.69, 9.17) is 0 Å². The van der Waals surface area contributed by atoms with Crippen molar-refractivity contribution in [1.82, 2.24) is 10.2 Å². The standard InChI is InChI=1S/C9H17N3/c1-7(10-2)12-5-8-3-11-4-9(8)6-12/h8-9,11H,3-6H2,1-2H3. The second-order valence-corrected chi connectivity index (χ2v) is 3.85. The Bertz CT molecular complexity index is 188. The van der Waals surface area contributed by atoms with Crippen molar-refractivity contribution >= 4 is 5.84 Å². The molecule has 0 saturated carbocycles. The number of hydrogen-bond donors (Lipinski definition) is 1. The van der Waals surface area contributed by atoms with Crippen molar-refractivity contribution in [3.63, 3.8) is 0 Å². The van der Waals surface area contributed by atoms with Gasteiger partial charge in [0.25, 0.3) is 0 Å². The van der Waals surface area contributed by atoms with Crippen molar-refractivity contribution in [2.24, 2.45) is 16.8 Å². The molecule has 2 atom stereocenters. The molecule has 0 spiro atoms. The van der Waals surface area contributed by atoms with Crippen molar-refractivity contribution in [2.45, 2.75) is 6.92 Å². The van der Waals surface area contributed by atoms with Crippen LogP contribution in [0.4, 0.5) is 0 Å². The summed E-state index contributed by atoms with van der Waals surface area (Å²) in [6.07, 6.45) is 0. The molecule has 0 aromatic heterocycles. The van der Waals surface area contributed by atoms with Gasteiger partial charge in [0, 0.05) is 33.2 Å². The molecule has 0 radical (unpaired) electrons. The van der Waals surface area contributed by atoms with E-state index in [2.05, 4.69) is 22.1 Å². The molecule has 1 N–H and O–H groups in total. The van der Waals surface area contributed by atoms with E-state index in [1.165, 1.54) is 32.0 Å². The van der Waals surface area contributed by atoms with E-state index in [0.29, 0.717) is 0 Å². The maximum absolute atomic E-state index is 4.22. The SMILES string of the molecule is CN=C(C)N1CC2CNCC2C1. The van der Waals surface area contributed by atoms with Gasteiger partial charge in [-0.25, -0.2) is 0 Å². The van der Waals surface area contributed by atoms with Gasteiger partial charge in [-0.2, -0.15) is 0 Å². The normalized spacial score (nSPS) is 35.8. The molecule has 3 nitrogen and oxygen atoms in total. The summed E-state index contributed by atoms with van der Waals surface area (Å²) in [6, 6.07) is 0. The van der Waals surface area contributed by atoms with Crippen LogP contribution in [0.2, 0.25) is 0 Å². The number of rotatable bonds is 0. The fourth-order valence-corrected chi connectivity index (χ4v) is 2.26. The average molecular weight is 167 g/mol. The van der Waals surface area contributed by atoms with Gasteiger partial charge in [0.05, 0.1) is 5.84 Å². The molecule has 2 unspecified atom stereocenters. The molecule has 0 bridgehead atoms. The molecule has 0 amide bonds. The zero-order valence-electron chi connectivity index (χ0n) is 7.88. The molecule has 0 aliphatic carbocycles. The fraction of sp³-hybridized carbons (Fsp3) is 0.889. The van der Waals surface area contributed by atoms with Gasteiger partial charge in [-0.1, -0.05) is 0 Å². The van der Waals surface area contributed by atoms with E-state index in [0.717, 1.165) is 11.8 Å². The Morgan fingerprint density at radius 1 is 1.33 bits per heavy atom. The largest absolute Gasteiger partial charge is 0.360 e. The van der Waals surface area contributed by atoms with Crippen LogP contribution in [0.3, 0.4) is 0 Å². The second kappa shape index (κ2) is 3.05. The maximum Gasteiger partial charge on any atom is 0.0954 e. The van der Waals surface area contributed by atoms with Gasteiger partial charge >= 0.3 is 0 Å². The lowest BCUT2D eigenvalue weighted by atomic mass is 10.0. The van der Waals surface area contributed by atoms with Crippen molar-refractivity contribution in [1.29, 1.82) is 0 Å². The van der Waals surface area contributed by atoms with E-state index in [1.54, 1.807) is 0 Å². The second-order valence-electron chi connectivity index (χ2n) is 3.85. The van der Waals surface area contributed by atoms with Crippen LogP contribution in [0.15, 0.2) is 4.99 Å². The lowest BCUT2D eigenvalue weighted by Crippen LogP contribution is -2.29. The topological polar surface area (TPSA) is 27.6 Å². The van der Waals surface area contributed by atoms with Crippen molar-refractivity contribution in [3.05, 3.63) is 0 Å². The van der Waals surface area contributed by atoms with E-state index < -0.39 is 0 Å². The Balaban J connectivity index is 1.99. The van der Waals surface area contributed by atoms with Gasteiger partial charge in [-0.05, 0) is 18.8 Å². The Hall–Kier alpha value is -0.570. The smallest absolute Gasteiger partial charge is 0.0954 e. The molecule has 3 heteroatoms. The summed E-state index contributed by atoms with van der Waals surface area (Å²) >= 11 is 0. The van der Waals surface area contributed by atoms with Crippen LogP contribution in [0.1, 0.15) is 6.92 Å². The number of hydrogen-bond acceptors (Lipinski definition) is 2. The first-order chi connectivity index (χ1) is 5.81. The summed E-state index contributed by atoms with van der Waals surface area (Å²) in [5.74, 6) is 2.95. The first kappa shape index (κ1) is 8.05. The van der Waals surface area contributed by atoms with Gasteiger partial charge in [0.2, 0.25) is 0 Å². The van der Waals surface area contributed by atoms with E-state index in [9.17, 15) is 0 Å². The molecule has 68 valence electrons. The number of nitrogens with one attached hydrogen (secondary N) is 1. The fourth-order valence-electron chi connectivity index (χ4n) is 2.26. The number of nitrogens with zero attached hydrogens (tertiary/aromatic N) is 2. The van der Waals surface area contributed by atoms with E-state index in [1.807, 2.05) is 7.05 Å². The van der Waals surface area contributed by atoms with Crippen molar-refractivity contribution in [2.75, 3.05) is 33.2 Å². The van der Waals surface area contributed by atoms with Crippen LogP contribution in [0.5, 0.6) is 0 Å². The van der Waals surface area contributed by atoms with Crippen LogP contribution in [-0.4, -0.2) is 44.0 Å². The van der Waals surface area contributed by atoms with Crippen LogP contribution >= 0.6 is 0 Å². The summed E-state index contributed by atoms with van der Waals surface area (Å²) in [7, 11) is 1.88. The number of aliphatic imine (C=N–C) groups is 1. The summed E-state index contributed by atoms with van der Waals surface area (Å²) < 4.78 is 0. The predicted molar refractivity (Wildman–Crippen MR) is 50.5 cm³/mol. The monoisotopic (exact) mass is 167 g/mol. The average Bonchev–Trinajstić information content (AvgIpc) is 2.60. The number of likely N-dealkylation sites (tertiary alicyclic amines) is 1. The molecule has 2 heterocycles. The molecule has 12 heavy (non-hydrogen) atoms. The van der Waals surface area contributed by atoms with Crippen LogP contribution < -0.4 is 5.32 Å². The van der Waals surface area contributed by atoms with Crippen molar-refractivity contribution < 1.29 is 0 Å². The molecular formula is C9H17N3. The maximum atomic E-state index is 4.22. The van der Waals surface area contributed by atoms with Crippen LogP contribution in [0, 0.1) is 11.8 Å². The van der Waals surface area contributed by atoms with Gasteiger partial charge in [-0.15, -0.1) is 0 Å². The minimum Gasteiger partial charge on any atom is -0.360 e. The Morgan fingerprint density at radius 3 is 2.42 bits per heavy atom. The minimum absolute atomic E-state index is 0.877. The molecule has 2 rings (SSSR count). The van der Waals surface area contributed by atoms with E-state index in [-0.39, 0.29) is 0 Å². The summed E-state index contributed by atoms with van der Waals surface area (Å²) in [4.78, 5) is 6.63. The Kier molecular flexibility index (Phi) is 2.05. The number of fused-ring (bicyclic) bond motifs is 1. The third kappa shape index (κ3) is 1.22. The first-order valence-corrected chi connectivity index (χ1v) is 4.70. The van der Waals surface area contributed by atoms with Gasteiger partial charge < -0.3 is 10.2 Å². The highest BCUT2D eigenvalue weighted by Gasteiger charge is 2.36. The van der Waals surface area contributed by atoms with Gasteiger partial charge in [0.15, 0.2) is 0 Å². The minimum atomic E-state index is 0.877. The highest BCUT2D eigenvalue weighted by atomic mass is 15.2. The highest BCUT2D eigenvalue weighted by molar-refractivity contribution is 5.79. The molecular weight excluding hydrogens is 150 g/mol. The Labute approximate surface area is 73.9 Å². The lowest BCUT2D eigenvalue weighted by molar-refractivity contribution is 0.465. The van der Waals surface area contributed by atoms with Gasteiger partial charge in [-0.3, -0.25) is 4.99 Å². The molecule has 0 aromatic carbocycles. The first-order valence-electron chi connectivity index (χ1n) is 4.70. The highest BCUT2D eigenvalue weighted by Crippen LogP contribution is 2.26. The van der Waals surface area contributed by atoms with Crippen LogP contribution in [0.25, 0.3) is 0 Å². The third-order valence-corrected chi connectivity index (χ3v) is 3.17. The third-order valence-electron chi connectivity index (χ3n) is 3.17. The zero-order chi connectivity index (χ0) is 8.55. The summed E-state index contributed by atoms with van der Waals surface area (Å²) in [6.45, 7) is 6.94. The van der Waals surface area contributed by atoms with Gasteiger partial charge in [0.1, 0.15) is 0 Å². The van der Waals surface area contributed by atoms with Crippen molar-refractivity contribution in [3.8, 4) is 0 Å². The summed E-state index contributed by atoms with van der Waals surface area (Å²) in [5.41, 5.74) is 0. The molecule has 2 fully saturated rings.